The summed E-state index contributed by atoms with van der Waals surface area (Å²) >= 11 is 0. The van der Waals surface area contributed by atoms with Gasteiger partial charge in [0.2, 0.25) is 0 Å². The third-order valence-electron chi connectivity index (χ3n) is 6.12. The van der Waals surface area contributed by atoms with Crippen LogP contribution in [0.1, 0.15) is 42.3 Å². The summed E-state index contributed by atoms with van der Waals surface area (Å²) in [6.45, 7) is 4.50. The van der Waals surface area contributed by atoms with E-state index in [-0.39, 0.29) is 24.0 Å². The predicted octanol–water partition coefficient (Wildman–Crippen LogP) is 4.62. The molecule has 5 rings (SSSR count). The number of Topliss-reactive ketones (excluding diaryl/α,β-unsaturated/α-hetero) is 1. The van der Waals surface area contributed by atoms with Crippen molar-refractivity contribution < 1.29 is 28.6 Å². The highest BCUT2D eigenvalue weighted by Gasteiger charge is 2.46. The molecule has 1 saturated heterocycles. The zero-order valence-electron chi connectivity index (χ0n) is 19.0. The molecule has 1 N–H and O–H groups in total. The fraction of sp³-hybridized carbons (Fsp3) is 0.259. The zero-order chi connectivity index (χ0) is 23.8. The largest absolute Gasteiger partial charge is 0.507 e. The van der Waals surface area contributed by atoms with Gasteiger partial charge in [-0.1, -0.05) is 12.1 Å². The van der Waals surface area contributed by atoms with Crippen LogP contribution in [0.2, 0.25) is 0 Å². The number of carbonyl (C=O) groups excluding carboxylic acids is 2. The second-order valence-electron chi connectivity index (χ2n) is 8.46. The molecule has 7 nitrogen and oxygen atoms in total. The first-order valence-corrected chi connectivity index (χ1v) is 11.3. The first-order chi connectivity index (χ1) is 16.5. The number of ketones is 1. The molecule has 3 heterocycles. The predicted molar refractivity (Wildman–Crippen MR) is 124 cm³/mol. The number of nitrogens with zero attached hydrogens (tertiary/aromatic N) is 1. The second kappa shape index (κ2) is 8.74. The van der Waals surface area contributed by atoms with Gasteiger partial charge in [0, 0.05) is 12.0 Å². The molecule has 1 aromatic heterocycles. The van der Waals surface area contributed by atoms with Gasteiger partial charge in [-0.05, 0) is 67.4 Å². The molecule has 0 bridgehead atoms. The van der Waals surface area contributed by atoms with Gasteiger partial charge in [-0.3, -0.25) is 9.59 Å². The van der Waals surface area contributed by atoms with Crippen molar-refractivity contribution in [3.8, 4) is 11.5 Å². The molecule has 0 radical (unpaired) electrons. The average molecular weight is 459 g/mol. The smallest absolute Gasteiger partial charge is 0.296 e. The van der Waals surface area contributed by atoms with E-state index in [1.165, 1.54) is 11.2 Å². The maximum atomic E-state index is 13.2. The number of fused-ring (bicyclic) bond motifs is 1. The minimum absolute atomic E-state index is 0.0487. The highest BCUT2D eigenvalue weighted by molar-refractivity contribution is 6.46. The molecule has 1 fully saturated rings. The van der Waals surface area contributed by atoms with Crippen LogP contribution < -0.4 is 9.47 Å². The number of likely N-dealkylation sites (tertiary alicyclic amines) is 1. The molecule has 2 aliphatic rings. The first kappa shape index (κ1) is 21.8. The van der Waals surface area contributed by atoms with Crippen LogP contribution in [0.4, 0.5) is 0 Å². The third kappa shape index (κ3) is 3.83. The summed E-state index contributed by atoms with van der Waals surface area (Å²) in [5.74, 6) is 0.374. The molecule has 2 atom stereocenters. The molecule has 2 aliphatic heterocycles. The van der Waals surface area contributed by atoms with Crippen LogP contribution >= 0.6 is 0 Å². The Bertz CT molecular complexity index is 1260. The molecule has 7 heteroatoms. The Labute approximate surface area is 197 Å². The number of rotatable bonds is 6. The van der Waals surface area contributed by atoms with Crippen LogP contribution in [0.3, 0.4) is 0 Å². The Hall–Kier alpha value is -4.00. The Morgan fingerprint density at radius 2 is 1.94 bits per heavy atom. The number of furan rings is 1. The summed E-state index contributed by atoms with van der Waals surface area (Å²) in [5.41, 5.74) is 2.17. The lowest BCUT2D eigenvalue weighted by molar-refractivity contribution is -0.140. The zero-order valence-corrected chi connectivity index (χ0v) is 19.0. The Morgan fingerprint density at radius 1 is 1.15 bits per heavy atom. The number of benzene rings is 2. The minimum atomic E-state index is -0.774. The van der Waals surface area contributed by atoms with Gasteiger partial charge in [-0.15, -0.1) is 0 Å². The molecule has 0 spiro atoms. The Morgan fingerprint density at radius 3 is 2.65 bits per heavy atom. The molecule has 2 unspecified atom stereocenters. The number of ether oxygens (including phenoxy) is 2. The standard InChI is InChI=1S/C27H25NO6/c1-3-32-20-9-6-17(7-10-20)24-23(26(30)27(31)28(24)15-21-5-4-12-33-21)25(29)18-8-11-22-19(14-18)13-16(2)34-22/h4-12,14,16,24,29H,3,13,15H2,1-2H3/b25-23+. The van der Waals surface area contributed by atoms with Crippen molar-refractivity contribution >= 4 is 17.4 Å². The molecule has 2 aromatic carbocycles. The van der Waals surface area contributed by atoms with E-state index in [9.17, 15) is 14.7 Å². The van der Waals surface area contributed by atoms with Crippen LogP contribution in [0.15, 0.2) is 70.9 Å². The summed E-state index contributed by atoms with van der Waals surface area (Å²) < 4.78 is 16.7. The quantitative estimate of drug-likeness (QED) is 0.329. The fourth-order valence-electron chi connectivity index (χ4n) is 4.60. The van der Waals surface area contributed by atoms with E-state index < -0.39 is 17.7 Å². The number of aliphatic hydroxyl groups is 1. The SMILES string of the molecule is CCOc1ccc(C2/C(=C(\O)c3ccc4c(c3)CC(C)O4)C(=O)C(=O)N2Cc2ccco2)cc1. The van der Waals surface area contributed by atoms with Crippen molar-refractivity contribution in [3.05, 3.63) is 88.9 Å². The molecular formula is C27H25NO6. The maximum Gasteiger partial charge on any atom is 0.296 e. The summed E-state index contributed by atoms with van der Waals surface area (Å²) in [6.07, 6.45) is 2.28. The van der Waals surface area contributed by atoms with Gasteiger partial charge in [-0.25, -0.2) is 0 Å². The summed E-state index contributed by atoms with van der Waals surface area (Å²) in [7, 11) is 0. The number of hydrogen-bond donors (Lipinski definition) is 1. The fourth-order valence-corrected chi connectivity index (χ4v) is 4.60. The van der Waals surface area contributed by atoms with Crippen molar-refractivity contribution in [2.75, 3.05) is 6.61 Å². The highest BCUT2D eigenvalue weighted by Crippen LogP contribution is 2.41. The molecule has 1 amide bonds. The summed E-state index contributed by atoms with van der Waals surface area (Å²) in [5, 5.41) is 11.3. The van der Waals surface area contributed by atoms with Crippen LogP contribution in [0.5, 0.6) is 11.5 Å². The minimum Gasteiger partial charge on any atom is -0.507 e. The first-order valence-electron chi connectivity index (χ1n) is 11.3. The number of amides is 1. The van der Waals surface area contributed by atoms with Crippen molar-refractivity contribution in [3.63, 3.8) is 0 Å². The molecule has 174 valence electrons. The highest BCUT2D eigenvalue weighted by atomic mass is 16.5. The van der Waals surface area contributed by atoms with Gasteiger partial charge in [-0.2, -0.15) is 0 Å². The van der Waals surface area contributed by atoms with Crippen LogP contribution in [0.25, 0.3) is 5.76 Å². The average Bonchev–Trinajstić information content (AvgIpc) is 3.53. The van der Waals surface area contributed by atoms with Gasteiger partial charge in [0.1, 0.15) is 29.1 Å². The Balaban J connectivity index is 1.60. The lowest BCUT2D eigenvalue weighted by Crippen LogP contribution is -2.29. The number of aliphatic hydroxyl groups excluding tert-OH is 1. The lowest BCUT2D eigenvalue weighted by atomic mass is 9.94. The van der Waals surface area contributed by atoms with Gasteiger partial charge in [0.25, 0.3) is 11.7 Å². The third-order valence-corrected chi connectivity index (χ3v) is 6.12. The monoisotopic (exact) mass is 459 g/mol. The van der Waals surface area contributed by atoms with Gasteiger partial charge < -0.3 is 23.9 Å². The van der Waals surface area contributed by atoms with Gasteiger partial charge in [0.15, 0.2) is 0 Å². The number of carbonyl (C=O) groups is 2. The molecule has 34 heavy (non-hydrogen) atoms. The van der Waals surface area contributed by atoms with E-state index in [1.54, 1.807) is 36.4 Å². The summed E-state index contributed by atoms with van der Waals surface area (Å²) in [4.78, 5) is 27.7. The second-order valence-corrected chi connectivity index (χ2v) is 8.46. The maximum absolute atomic E-state index is 13.2. The van der Waals surface area contributed by atoms with Gasteiger partial charge in [0.05, 0.1) is 31.0 Å². The van der Waals surface area contributed by atoms with Crippen molar-refractivity contribution in [1.29, 1.82) is 0 Å². The van der Waals surface area contributed by atoms with E-state index in [0.29, 0.717) is 35.7 Å². The van der Waals surface area contributed by atoms with Crippen LogP contribution in [-0.4, -0.2) is 34.4 Å². The molecule has 0 aliphatic carbocycles. The van der Waals surface area contributed by atoms with Crippen molar-refractivity contribution in [2.45, 2.75) is 39.0 Å². The topological polar surface area (TPSA) is 89.2 Å². The molecule has 0 saturated carbocycles. The van der Waals surface area contributed by atoms with E-state index in [2.05, 4.69) is 0 Å². The molecule has 3 aromatic rings. The van der Waals surface area contributed by atoms with E-state index in [0.717, 1.165) is 11.3 Å². The van der Waals surface area contributed by atoms with Crippen LogP contribution in [0, 0.1) is 0 Å². The summed E-state index contributed by atoms with van der Waals surface area (Å²) in [6, 6.07) is 15.2. The van der Waals surface area contributed by atoms with E-state index in [1.807, 2.05) is 32.0 Å². The molecular weight excluding hydrogens is 434 g/mol. The van der Waals surface area contributed by atoms with E-state index in [4.69, 9.17) is 13.9 Å². The van der Waals surface area contributed by atoms with Gasteiger partial charge >= 0.3 is 0 Å². The van der Waals surface area contributed by atoms with Crippen molar-refractivity contribution in [1.82, 2.24) is 4.90 Å². The van der Waals surface area contributed by atoms with E-state index >= 15 is 0 Å². The lowest BCUT2D eigenvalue weighted by Gasteiger charge is -2.24. The Kier molecular flexibility index (Phi) is 5.61. The van der Waals surface area contributed by atoms with Crippen LogP contribution in [-0.2, 0) is 22.6 Å². The normalized spacial score (nSPS) is 20.9. The number of hydrogen-bond acceptors (Lipinski definition) is 6. The van der Waals surface area contributed by atoms with Crippen molar-refractivity contribution in [2.24, 2.45) is 0 Å².